The van der Waals surface area contributed by atoms with Crippen LogP contribution in [0.15, 0.2) is 21.5 Å². The van der Waals surface area contributed by atoms with E-state index in [4.69, 9.17) is 0 Å². The Morgan fingerprint density at radius 2 is 2.08 bits per heavy atom. The maximum Gasteiger partial charge on any atom is 0.450 e. The Balaban J connectivity index is 2.31. The van der Waals surface area contributed by atoms with Crippen LogP contribution in [0.1, 0.15) is 54.3 Å². The van der Waals surface area contributed by atoms with E-state index in [-0.39, 0.29) is 17.5 Å². The number of aryl methyl sites for hydroxylation is 2. The Morgan fingerprint density at radius 1 is 1.38 bits per heavy atom. The van der Waals surface area contributed by atoms with Gasteiger partial charge in [-0.15, -0.1) is 0 Å². The molecule has 2 N–H and O–H groups in total. The van der Waals surface area contributed by atoms with Gasteiger partial charge in [-0.1, -0.05) is 20.3 Å². The maximum absolute atomic E-state index is 13.1. The van der Waals surface area contributed by atoms with Crippen molar-refractivity contribution in [1.82, 2.24) is 15.5 Å². The summed E-state index contributed by atoms with van der Waals surface area (Å²) < 4.78 is 43.8. The maximum atomic E-state index is 13.1. The van der Waals surface area contributed by atoms with E-state index in [0.717, 1.165) is 18.2 Å². The lowest BCUT2D eigenvalue weighted by Crippen LogP contribution is -2.32. The van der Waals surface area contributed by atoms with Crippen molar-refractivity contribution in [1.29, 1.82) is 0 Å². The number of hydrogen-bond donors (Lipinski definition) is 2. The molecule has 2 aromatic heterocycles. The van der Waals surface area contributed by atoms with Crippen LogP contribution in [0.2, 0.25) is 0 Å². The Kier molecular flexibility index (Phi) is 5.89. The van der Waals surface area contributed by atoms with Crippen LogP contribution in [0, 0.1) is 19.8 Å². The van der Waals surface area contributed by atoms with Crippen LogP contribution in [0.25, 0.3) is 0 Å². The Bertz CT molecular complexity index is 805. The average molecular weight is 370 g/mol. The zero-order valence-corrected chi connectivity index (χ0v) is 15.0. The summed E-state index contributed by atoms with van der Waals surface area (Å²) in [5.41, 5.74) is 0.216. The number of aromatic amines is 1. The highest BCUT2D eigenvalue weighted by atomic mass is 19.4. The molecule has 9 heteroatoms. The molecule has 2 heterocycles. The summed E-state index contributed by atoms with van der Waals surface area (Å²) in [7, 11) is 0. The number of aromatic nitrogens is 2. The lowest BCUT2D eigenvalue weighted by molar-refractivity contribution is -0.153. The zero-order valence-electron chi connectivity index (χ0n) is 15.0. The van der Waals surface area contributed by atoms with Crippen LogP contribution in [-0.2, 0) is 6.18 Å². The van der Waals surface area contributed by atoms with Crippen LogP contribution >= 0.6 is 0 Å². The second kappa shape index (κ2) is 7.76. The second-order valence-electron chi connectivity index (χ2n) is 6.24. The fourth-order valence-corrected chi connectivity index (χ4v) is 2.29. The molecule has 2 rings (SSSR count). The number of carbonyl (C=O) groups is 1. The first-order valence-corrected chi connectivity index (χ1v) is 8.18. The Morgan fingerprint density at radius 3 is 2.62 bits per heavy atom. The third-order valence-electron chi connectivity index (χ3n) is 3.80. The summed E-state index contributed by atoms with van der Waals surface area (Å²) in [5, 5.41) is 9.17. The van der Waals surface area contributed by atoms with Gasteiger partial charge in [0, 0.05) is 18.2 Å². The van der Waals surface area contributed by atoms with E-state index in [0.29, 0.717) is 12.2 Å². The van der Waals surface area contributed by atoms with E-state index < -0.39 is 23.4 Å². The van der Waals surface area contributed by atoms with E-state index in [2.05, 4.69) is 24.9 Å². The topological polar surface area (TPSA) is 83.3 Å². The Labute approximate surface area is 148 Å². The molecule has 2 aromatic rings. The zero-order chi connectivity index (χ0) is 19.5. The summed E-state index contributed by atoms with van der Waals surface area (Å²) in [6.45, 7) is 7.08. The van der Waals surface area contributed by atoms with Crippen molar-refractivity contribution >= 4 is 17.6 Å². The summed E-state index contributed by atoms with van der Waals surface area (Å²) in [6, 6.07) is 2.74. The fourth-order valence-electron chi connectivity index (χ4n) is 2.29. The van der Waals surface area contributed by atoms with E-state index in [1.807, 2.05) is 13.8 Å². The van der Waals surface area contributed by atoms with Gasteiger partial charge in [-0.25, -0.2) is 4.99 Å². The highest BCUT2D eigenvalue weighted by molar-refractivity contribution is 6.07. The molecule has 0 aliphatic rings. The number of hydrogen-bond acceptors (Lipinski definition) is 4. The van der Waals surface area contributed by atoms with Crippen LogP contribution in [0.4, 0.5) is 19.0 Å². The van der Waals surface area contributed by atoms with Gasteiger partial charge in [-0.2, -0.15) is 18.3 Å². The van der Waals surface area contributed by atoms with Gasteiger partial charge in [0.1, 0.15) is 11.6 Å². The minimum absolute atomic E-state index is 0.00539. The van der Waals surface area contributed by atoms with Gasteiger partial charge in [0.2, 0.25) is 5.76 Å². The van der Waals surface area contributed by atoms with Crippen LogP contribution in [0.5, 0.6) is 0 Å². The number of carbonyl (C=O) groups excluding carboxylic acids is 1. The van der Waals surface area contributed by atoms with Gasteiger partial charge in [0.15, 0.2) is 5.82 Å². The molecule has 0 fully saturated rings. The summed E-state index contributed by atoms with van der Waals surface area (Å²) in [5.74, 6) is -1.44. The summed E-state index contributed by atoms with van der Waals surface area (Å²) in [6.07, 6.45) is -3.53. The quantitative estimate of drug-likeness (QED) is 0.599. The number of aliphatic imine (C=N–C) groups is 1. The lowest BCUT2D eigenvalue weighted by Gasteiger charge is -2.13. The van der Waals surface area contributed by atoms with Crippen molar-refractivity contribution < 1.29 is 22.4 Å². The minimum Gasteiger partial charge on any atom is -0.456 e. The first-order valence-electron chi connectivity index (χ1n) is 8.18. The molecule has 0 aromatic carbocycles. The molecule has 0 saturated carbocycles. The van der Waals surface area contributed by atoms with Gasteiger partial charge >= 0.3 is 6.18 Å². The van der Waals surface area contributed by atoms with E-state index in [1.54, 1.807) is 13.0 Å². The highest BCUT2D eigenvalue weighted by Crippen LogP contribution is 2.34. The van der Waals surface area contributed by atoms with Crippen molar-refractivity contribution in [3.05, 3.63) is 34.9 Å². The molecular weight excluding hydrogens is 349 g/mol. The predicted molar refractivity (Wildman–Crippen MR) is 90.4 cm³/mol. The molecule has 1 unspecified atom stereocenters. The molecule has 0 saturated heterocycles. The first-order chi connectivity index (χ1) is 12.1. The number of nitrogens with zero attached hydrogens (tertiary/aromatic N) is 2. The van der Waals surface area contributed by atoms with E-state index in [1.165, 1.54) is 6.92 Å². The third-order valence-corrected chi connectivity index (χ3v) is 3.80. The molecule has 142 valence electrons. The number of furan rings is 1. The number of amidine groups is 1. The summed E-state index contributed by atoms with van der Waals surface area (Å²) in [4.78, 5) is 16.7. The minimum atomic E-state index is -4.76. The molecule has 26 heavy (non-hydrogen) atoms. The average Bonchev–Trinajstić information content (AvgIpc) is 3.12. The van der Waals surface area contributed by atoms with Gasteiger partial charge in [0.05, 0.1) is 5.56 Å². The monoisotopic (exact) mass is 370 g/mol. The van der Waals surface area contributed by atoms with Gasteiger partial charge in [-0.3, -0.25) is 9.89 Å². The van der Waals surface area contributed by atoms with Crippen molar-refractivity contribution in [2.75, 3.05) is 0 Å². The molecule has 6 nitrogen and oxygen atoms in total. The number of halogens is 3. The molecule has 0 radical (unpaired) electrons. The largest absolute Gasteiger partial charge is 0.456 e. The number of rotatable bonds is 5. The predicted octanol–water partition coefficient (Wildman–Crippen LogP) is 4.53. The second-order valence-corrected chi connectivity index (χ2v) is 6.24. The normalized spacial score (nSPS) is 13.7. The molecule has 0 bridgehead atoms. The smallest absolute Gasteiger partial charge is 0.450 e. The molecule has 0 aliphatic carbocycles. The number of amides is 1. The third kappa shape index (κ3) is 4.96. The lowest BCUT2D eigenvalue weighted by atomic mass is 10.0. The standard InChI is InChI=1S/C17H21F3N4O2/c1-5-9(2)6-13(21-14-7-10(3)23-24-14)22-16(25)12-8-11(4)26-15(12)17(18,19)20/h7-9H,5-6H2,1-4H3,(H2,21,22,23,24,25). The van der Waals surface area contributed by atoms with Crippen molar-refractivity contribution in [2.24, 2.45) is 10.9 Å². The van der Waals surface area contributed by atoms with Gasteiger partial charge in [-0.05, 0) is 25.8 Å². The molecule has 0 aliphatic heterocycles. The molecule has 0 spiro atoms. The van der Waals surface area contributed by atoms with Crippen LogP contribution in [0.3, 0.4) is 0 Å². The van der Waals surface area contributed by atoms with Gasteiger partial charge < -0.3 is 9.73 Å². The molecule has 1 atom stereocenters. The fraction of sp³-hybridized carbons (Fsp3) is 0.471. The van der Waals surface area contributed by atoms with Crippen molar-refractivity contribution in [3.63, 3.8) is 0 Å². The SMILES string of the molecule is CCC(C)CC(=Nc1cc(C)[nH]n1)NC(=O)c1cc(C)oc1C(F)(F)F. The Hall–Kier alpha value is -2.58. The van der Waals surface area contributed by atoms with Crippen molar-refractivity contribution in [2.45, 2.75) is 46.7 Å². The molecule has 1 amide bonds. The molecular formula is C17H21F3N4O2. The van der Waals surface area contributed by atoms with E-state index in [9.17, 15) is 18.0 Å². The highest BCUT2D eigenvalue weighted by Gasteiger charge is 2.40. The van der Waals surface area contributed by atoms with Crippen molar-refractivity contribution in [3.8, 4) is 0 Å². The number of nitrogens with one attached hydrogen (secondary N) is 2. The van der Waals surface area contributed by atoms with Gasteiger partial charge in [0.25, 0.3) is 5.91 Å². The van der Waals surface area contributed by atoms with Crippen LogP contribution in [-0.4, -0.2) is 21.9 Å². The number of alkyl halides is 3. The van der Waals surface area contributed by atoms with Crippen LogP contribution < -0.4 is 5.32 Å². The summed E-state index contributed by atoms with van der Waals surface area (Å²) >= 11 is 0. The first kappa shape index (κ1) is 19.7. The van der Waals surface area contributed by atoms with E-state index >= 15 is 0 Å². The number of H-pyrrole nitrogens is 1.